The summed E-state index contributed by atoms with van der Waals surface area (Å²) < 4.78 is 0. The molecule has 4 heteroatoms. The first-order chi connectivity index (χ1) is 9.15. The molecule has 2 aliphatic rings. The molecular formula is C15H26N2O2. The Labute approximate surface area is 116 Å². The van der Waals surface area contributed by atoms with Crippen molar-refractivity contribution in [1.29, 1.82) is 0 Å². The van der Waals surface area contributed by atoms with E-state index < -0.39 is 0 Å². The molecule has 4 nitrogen and oxygen atoms in total. The number of carbonyl (C=O) groups excluding carboxylic acids is 2. The predicted molar refractivity (Wildman–Crippen MR) is 74.7 cm³/mol. The third-order valence-corrected chi connectivity index (χ3v) is 4.47. The number of rotatable bonds is 4. The zero-order valence-electron chi connectivity index (χ0n) is 12.2. The van der Waals surface area contributed by atoms with Crippen LogP contribution in [0, 0.1) is 0 Å². The highest BCUT2D eigenvalue weighted by molar-refractivity contribution is 5.90. The molecule has 0 radical (unpaired) electrons. The number of nitrogens with zero attached hydrogens (tertiary/aromatic N) is 2. The molecule has 2 unspecified atom stereocenters. The molecular weight excluding hydrogens is 240 g/mol. The lowest BCUT2D eigenvalue weighted by Gasteiger charge is -2.36. The van der Waals surface area contributed by atoms with Gasteiger partial charge in [-0.3, -0.25) is 9.59 Å². The molecule has 2 amide bonds. The van der Waals surface area contributed by atoms with Crippen molar-refractivity contribution in [1.82, 2.24) is 9.80 Å². The second kappa shape index (κ2) is 6.40. The van der Waals surface area contributed by atoms with Gasteiger partial charge in [0.2, 0.25) is 11.8 Å². The Balaban J connectivity index is 2.09. The minimum atomic E-state index is -0.173. The van der Waals surface area contributed by atoms with Crippen LogP contribution < -0.4 is 0 Å². The number of carbonyl (C=O) groups is 2. The minimum absolute atomic E-state index is 0.170. The van der Waals surface area contributed by atoms with Crippen molar-refractivity contribution in [3.63, 3.8) is 0 Å². The lowest BCUT2D eigenvalue weighted by Crippen LogP contribution is -2.51. The van der Waals surface area contributed by atoms with Gasteiger partial charge in [0.1, 0.15) is 6.04 Å². The number of hydrogen-bond donors (Lipinski definition) is 0. The quantitative estimate of drug-likeness (QED) is 0.782. The average molecular weight is 266 g/mol. The van der Waals surface area contributed by atoms with Crippen LogP contribution in [0.3, 0.4) is 0 Å². The highest BCUT2D eigenvalue weighted by Gasteiger charge is 2.38. The van der Waals surface area contributed by atoms with E-state index in [9.17, 15) is 9.59 Å². The molecule has 2 rings (SSSR count). The van der Waals surface area contributed by atoms with Crippen molar-refractivity contribution in [2.45, 2.75) is 70.9 Å². The predicted octanol–water partition coefficient (Wildman–Crippen LogP) is 2.18. The van der Waals surface area contributed by atoms with Gasteiger partial charge in [0, 0.05) is 25.6 Å². The van der Waals surface area contributed by atoms with Crippen LogP contribution in [0.1, 0.15) is 58.8 Å². The van der Waals surface area contributed by atoms with Crippen molar-refractivity contribution < 1.29 is 9.59 Å². The van der Waals surface area contributed by atoms with Gasteiger partial charge in [-0.25, -0.2) is 0 Å². The van der Waals surface area contributed by atoms with Gasteiger partial charge in [0.15, 0.2) is 0 Å². The first kappa shape index (κ1) is 14.4. The van der Waals surface area contributed by atoms with Gasteiger partial charge in [-0.05, 0) is 32.6 Å². The monoisotopic (exact) mass is 266 g/mol. The summed E-state index contributed by atoms with van der Waals surface area (Å²) in [5.41, 5.74) is 0. The summed E-state index contributed by atoms with van der Waals surface area (Å²) in [5, 5.41) is 0. The maximum absolute atomic E-state index is 12.7. The summed E-state index contributed by atoms with van der Waals surface area (Å²) in [7, 11) is 0. The summed E-state index contributed by atoms with van der Waals surface area (Å²) >= 11 is 0. The topological polar surface area (TPSA) is 40.6 Å². The van der Waals surface area contributed by atoms with E-state index in [1.807, 2.05) is 9.80 Å². The average Bonchev–Trinajstić information content (AvgIpc) is 2.56. The first-order valence-corrected chi connectivity index (χ1v) is 7.75. The van der Waals surface area contributed by atoms with Crippen LogP contribution in [-0.2, 0) is 9.59 Å². The number of amides is 2. The summed E-state index contributed by atoms with van der Waals surface area (Å²) in [5.74, 6) is 0.359. The van der Waals surface area contributed by atoms with Gasteiger partial charge in [0.25, 0.3) is 0 Å². The molecule has 0 spiro atoms. The Morgan fingerprint density at radius 2 is 2.05 bits per heavy atom. The van der Waals surface area contributed by atoms with Crippen LogP contribution in [0.2, 0.25) is 0 Å². The molecule has 0 aliphatic carbocycles. The SMILES string of the molecule is CCCCC(C)N1CCC(=O)N2CCCCC2C1=O. The third-order valence-electron chi connectivity index (χ3n) is 4.47. The van der Waals surface area contributed by atoms with E-state index in [1.54, 1.807) is 0 Å². The summed E-state index contributed by atoms with van der Waals surface area (Å²) in [4.78, 5) is 28.6. The van der Waals surface area contributed by atoms with Crippen molar-refractivity contribution in [2.75, 3.05) is 13.1 Å². The van der Waals surface area contributed by atoms with Gasteiger partial charge in [0.05, 0.1) is 0 Å². The van der Waals surface area contributed by atoms with Gasteiger partial charge in [-0.1, -0.05) is 19.8 Å². The Morgan fingerprint density at radius 3 is 2.79 bits per heavy atom. The molecule has 2 fully saturated rings. The summed E-state index contributed by atoms with van der Waals surface area (Å²) in [6.07, 6.45) is 6.80. The zero-order chi connectivity index (χ0) is 13.8. The molecule has 0 aromatic heterocycles. The van der Waals surface area contributed by atoms with Crippen LogP contribution >= 0.6 is 0 Å². The molecule has 0 saturated carbocycles. The van der Waals surface area contributed by atoms with E-state index in [1.165, 1.54) is 0 Å². The Kier molecular flexibility index (Phi) is 4.83. The normalized spacial score (nSPS) is 26.1. The molecule has 2 heterocycles. The van der Waals surface area contributed by atoms with Crippen molar-refractivity contribution in [3.8, 4) is 0 Å². The minimum Gasteiger partial charge on any atom is -0.338 e. The van der Waals surface area contributed by atoms with Crippen molar-refractivity contribution in [3.05, 3.63) is 0 Å². The summed E-state index contributed by atoms with van der Waals surface area (Å²) in [6, 6.07) is 0.0925. The molecule has 2 aliphatic heterocycles. The van der Waals surface area contributed by atoms with Crippen LogP contribution in [0.5, 0.6) is 0 Å². The highest BCUT2D eigenvalue weighted by Crippen LogP contribution is 2.24. The second-order valence-corrected chi connectivity index (χ2v) is 5.87. The molecule has 2 saturated heterocycles. The van der Waals surface area contributed by atoms with Gasteiger partial charge in [-0.15, -0.1) is 0 Å². The van der Waals surface area contributed by atoms with Gasteiger partial charge >= 0.3 is 0 Å². The van der Waals surface area contributed by atoms with Crippen LogP contribution in [0.15, 0.2) is 0 Å². The smallest absolute Gasteiger partial charge is 0.245 e. The Hall–Kier alpha value is -1.06. The highest BCUT2D eigenvalue weighted by atomic mass is 16.2. The lowest BCUT2D eigenvalue weighted by atomic mass is 10.0. The number of hydrogen-bond acceptors (Lipinski definition) is 2. The van der Waals surface area contributed by atoms with Gasteiger partial charge < -0.3 is 9.80 Å². The molecule has 0 N–H and O–H groups in total. The second-order valence-electron chi connectivity index (χ2n) is 5.87. The van der Waals surface area contributed by atoms with Gasteiger partial charge in [-0.2, -0.15) is 0 Å². The fourth-order valence-electron chi connectivity index (χ4n) is 3.24. The molecule has 19 heavy (non-hydrogen) atoms. The largest absolute Gasteiger partial charge is 0.338 e. The number of piperidine rings is 1. The Bertz CT molecular complexity index is 343. The third kappa shape index (κ3) is 3.10. The lowest BCUT2D eigenvalue weighted by molar-refractivity contribution is -0.144. The van der Waals surface area contributed by atoms with Crippen LogP contribution in [-0.4, -0.2) is 46.8 Å². The van der Waals surface area contributed by atoms with Crippen LogP contribution in [0.25, 0.3) is 0 Å². The molecule has 0 bridgehead atoms. The molecule has 0 aromatic rings. The van der Waals surface area contributed by atoms with E-state index in [0.717, 1.165) is 45.1 Å². The van der Waals surface area contributed by atoms with Crippen molar-refractivity contribution in [2.24, 2.45) is 0 Å². The van der Waals surface area contributed by atoms with E-state index in [2.05, 4.69) is 13.8 Å². The number of fused-ring (bicyclic) bond motifs is 1. The Morgan fingerprint density at radius 1 is 1.26 bits per heavy atom. The molecule has 0 aromatic carbocycles. The van der Waals surface area contributed by atoms with E-state index in [4.69, 9.17) is 0 Å². The maximum Gasteiger partial charge on any atom is 0.245 e. The van der Waals surface area contributed by atoms with Crippen LogP contribution in [0.4, 0.5) is 0 Å². The standard InChI is InChI=1S/C15H26N2O2/c1-3-4-7-12(2)16-11-9-14(18)17-10-6-5-8-13(17)15(16)19/h12-13H,3-11H2,1-2H3. The fraction of sp³-hybridized carbons (Fsp3) is 0.867. The van der Waals surface area contributed by atoms with E-state index in [-0.39, 0.29) is 23.9 Å². The zero-order valence-corrected chi connectivity index (χ0v) is 12.2. The first-order valence-electron chi connectivity index (χ1n) is 7.75. The molecule has 108 valence electrons. The maximum atomic E-state index is 12.7. The molecule has 2 atom stereocenters. The summed E-state index contributed by atoms with van der Waals surface area (Å²) in [6.45, 7) is 5.67. The van der Waals surface area contributed by atoms with E-state index >= 15 is 0 Å². The van der Waals surface area contributed by atoms with E-state index in [0.29, 0.717) is 13.0 Å². The fourth-order valence-corrected chi connectivity index (χ4v) is 3.24. The number of unbranched alkanes of at least 4 members (excludes halogenated alkanes) is 1. The van der Waals surface area contributed by atoms with Crippen molar-refractivity contribution >= 4 is 11.8 Å².